The van der Waals surface area contributed by atoms with Crippen molar-refractivity contribution >= 4 is 28.6 Å². The zero-order valence-electron chi connectivity index (χ0n) is 11.9. The van der Waals surface area contributed by atoms with E-state index in [4.69, 9.17) is 22.7 Å². The molecule has 0 aromatic heterocycles. The molecular formula is C19H15ClN2. The van der Waals surface area contributed by atoms with Gasteiger partial charge in [-0.3, -0.25) is 0 Å². The Kier molecular flexibility index (Phi) is 3.94. The second kappa shape index (κ2) is 6.04. The molecule has 1 aliphatic carbocycles. The largest absolute Gasteiger partial charge is 0.399 e. The van der Waals surface area contributed by atoms with Gasteiger partial charge in [-0.1, -0.05) is 48.0 Å². The molecule has 0 saturated heterocycles. The molecule has 0 aliphatic heterocycles. The van der Waals surface area contributed by atoms with Crippen molar-refractivity contribution < 1.29 is 0 Å². The molecule has 0 amide bonds. The molecule has 22 heavy (non-hydrogen) atoms. The second-order valence-corrected chi connectivity index (χ2v) is 5.52. The van der Waals surface area contributed by atoms with E-state index in [-0.39, 0.29) is 0 Å². The zero-order chi connectivity index (χ0) is 15.5. The highest BCUT2D eigenvalue weighted by atomic mass is 35.5. The van der Waals surface area contributed by atoms with E-state index in [2.05, 4.69) is 0 Å². The summed E-state index contributed by atoms with van der Waals surface area (Å²) in [7, 11) is 0. The molecule has 1 aliphatic rings. The Labute approximate surface area is 134 Å². The molecule has 0 heterocycles. The highest BCUT2D eigenvalue weighted by Crippen LogP contribution is 2.31. The van der Waals surface area contributed by atoms with Crippen LogP contribution >= 0.6 is 11.6 Å². The van der Waals surface area contributed by atoms with Gasteiger partial charge in [0.2, 0.25) is 0 Å². The molecule has 0 atom stereocenters. The van der Waals surface area contributed by atoms with Gasteiger partial charge in [0, 0.05) is 10.7 Å². The fourth-order valence-electron chi connectivity index (χ4n) is 2.43. The van der Waals surface area contributed by atoms with Gasteiger partial charge in [0.05, 0.1) is 5.71 Å². The van der Waals surface area contributed by atoms with E-state index in [1.54, 1.807) is 12.2 Å². The van der Waals surface area contributed by atoms with Gasteiger partial charge in [-0.25, -0.2) is 0 Å². The smallest absolute Gasteiger partial charge is 0.0540 e. The first-order chi connectivity index (χ1) is 10.6. The standard InChI is InChI=1S/C19H15ClN2/c20-16-3-1-2-15(12-16)19(13-4-8-17(21)9-5-13)14-6-10-18(22)11-7-14/h1-12,21H,22H2. The summed E-state index contributed by atoms with van der Waals surface area (Å²) < 4.78 is 0. The van der Waals surface area contributed by atoms with E-state index in [1.807, 2.05) is 60.7 Å². The molecule has 0 radical (unpaired) electrons. The summed E-state index contributed by atoms with van der Waals surface area (Å²) in [4.78, 5) is 0. The summed E-state index contributed by atoms with van der Waals surface area (Å²) in [6.07, 6.45) is 7.48. The Morgan fingerprint density at radius 1 is 0.864 bits per heavy atom. The highest BCUT2D eigenvalue weighted by molar-refractivity contribution is 6.30. The molecule has 0 bridgehead atoms. The molecule has 3 N–H and O–H groups in total. The Bertz CT molecular complexity index is 794. The predicted molar refractivity (Wildman–Crippen MR) is 94.3 cm³/mol. The Morgan fingerprint density at radius 2 is 1.55 bits per heavy atom. The number of nitrogens with one attached hydrogen (secondary N) is 1. The summed E-state index contributed by atoms with van der Waals surface area (Å²) in [5.41, 5.74) is 11.2. The maximum atomic E-state index is 7.66. The number of benzene rings is 2. The maximum absolute atomic E-state index is 7.66. The van der Waals surface area contributed by atoms with Crippen LogP contribution < -0.4 is 5.73 Å². The molecular weight excluding hydrogens is 292 g/mol. The van der Waals surface area contributed by atoms with Gasteiger partial charge in [0.25, 0.3) is 0 Å². The monoisotopic (exact) mass is 306 g/mol. The molecule has 3 heteroatoms. The van der Waals surface area contributed by atoms with Crippen molar-refractivity contribution in [3.63, 3.8) is 0 Å². The van der Waals surface area contributed by atoms with Crippen LogP contribution in [-0.2, 0) is 0 Å². The van der Waals surface area contributed by atoms with Gasteiger partial charge in [-0.2, -0.15) is 0 Å². The number of nitrogen functional groups attached to an aromatic ring is 1. The Hall–Kier alpha value is -2.58. The topological polar surface area (TPSA) is 49.9 Å². The van der Waals surface area contributed by atoms with Crippen LogP contribution in [0.1, 0.15) is 11.1 Å². The van der Waals surface area contributed by atoms with E-state index in [1.165, 1.54) is 0 Å². The lowest BCUT2D eigenvalue weighted by Gasteiger charge is -2.14. The van der Waals surface area contributed by atoms with E-state index in [9.17, 15) is 0 Å². The molecule has 3 rings (SSSR count). The van der Waals surface area contributed by atoms with Crippen molar-refractivity contribution in [2.45, 2.75) is 0 Å². The third-order valence-corrected chi connectivity index (χ3v) is 3.72. The number of rotatable bonds is 2. The number of hydrogen-bond donors (Lipinski definition) is 2. The van der Waals surface area contributed by atoms with Crippen LogP contribution in [-0.4, -0.2) is 5.71 Å². The molecule has 0 saturated carbocycles. The van der Waals surface area contributed by atoms with Crippen molar-refractivity contribution in [1.29, 1.82) is 5.41 Å². The predicted octanol–water partition coefficient (Wildman–Crippen LogP) is 4.87. The van der Waals surface area contributed by atoms with Crippen molar-refractivity contribution in [3.8, 4) is 0 Å². The summed E-state index contributed by atoms with van der Waals surface area (Å²) in [6.45, 7) is 0. The van der Waals surface area contributed by atoms with Crippen LogP contribution in [0, 0.1) is 5.41 Å². The molecule has 0 unspecified atom stereocenters. The molecule has 2 nitrogen and oxygen atoms in total. The highest BCUT2D eigenvalue weighted by Gasteiger charge is 2.11. The zero-order valence-corrected chi connectivity index (χ0v) is 12.6. The number of halogens is 1. The van der Waals surface area contributed by atoms with E-state index < -0.39 is 0 Å². The normalized spacial score (nSPS) is 13.5. The maximum Gasteiger partial charge on any atom is 0.0540 e. The minimum atomic E-state index is 0.492. The van der Waals surface area contributed by atoms with Gasteiger partial charge >= 0.3 is 0 Å². The Balaban J connectivity index is 2.21. The van der Waals surface area contributed by atoms with Crippen molar-refractivity contribution in [2.75, 3.05) is 5.73 Å². The number of allylic oxidation sites excluding steroid dienone is 5. The third-order valence-electron chi connectivity index (χ3n) is 3.49. The lowest BCUT2D eigenvalue weighted by Crippen LogP contribution is -1.97. The minimum Gasteiger partial charge on any atom is -0.399 e. The summed E-state index contributed by atoms with van der Waals surface area (Å²) >= 11 is 6.15. The molecule has 108 valence electrons. The van der Waals surface area contributed by atoms with Gasteiger partial charge in [0.15, 0.2) is 0 Å². The number of nitrogens with two attached hydrogens (primary N) is 1. The summed E-state index contributed by atoms with van der Waals surface area (Å²) in [5.74, 6) is 0. The van der Waals surface area contributed by atoms with Gasteiger partial charge in [-0.05, 0) is 58.7 Å². The van der Waals surface area contributed by atoms with Gasteiger partial charge in [-0.15, -0.1) is 0 Å². The first-order valence-corrected chi connectivity index (χ1v) is 7.32. The summed E-state index contributed by atoms with van der Waals surface area (Å²) in [5, 5.41) is 8.35. The quantitative estimate of drug-likeness (QED) is 0.764. The average molecular weight is 307 g/mol. The first-order valence-electron chi connectivity index (χ1n) is 6.94. The van der Waals surface area contributed by atoms with Crippen molar-refractivity contribution in [3.05, 3.63) is 94.6 Å². The van der Waals surface area contributed by atoms with Crippen molar-refractivity contribution in [2.24, 2.45) is 0 Å². The molecule has 2 aromatic rings. The average Bonchev–Trinajstić information content (AvgIpc) is 2.51. The molecule has 2 aromatic carbocycles. The van der Waals surface area contributed by atoms with Crippen LogP contribution in [0.5, 0.6) is 0 Å². The van der Waals surface area contributed by atoms with E-state index >= 15 is 0 Å². The third kappa shape index (κ3) is 3.02. The van der Waals surface area contributed by atoms with Crippen molar-refractivity contribution in [1.82, 2.24) is 0 Å². The van der Waals surface area contributed by atoms with Gasteiger partial charge < -0.3 is 11.1 Å². The lowest BCUT2D eigenvalue weighted by molar-refractivity contribution is 1.49. The number of anilines is 1. The van der Waals surface area contributed by atoms with Crippen LogP contribution in [0.3, 0.4) is 0 Å². The van der Waals surface area contributed by atoms with Crippen LogP contribution in [0.15, 0.2) is 78.4 Å². The second-order valence-electron chi connectivity index (χ2n) is 5.08. The van der Waals surface area contributed by atoms with E-state index in [0.29, 0.717) is 10.7 Å². The molecule has 0 fully saturated rings. The Morgan fingerprint density at radius 3 is 2.18 bits per heavy atom. The van der Waals surface area contributed by atoms with Crippen LogP contribution in [0.4, 0.5) is 5.69 Å². The molecule has 0 spiro atoms. The van der Waals surface area contributed by atoms with Crippen LogP contribution in [0.2, 0.25) is 5.02 Å². The minimum absolute atomic E-state index is 0.492. The van der Waals surface area contributed by atoms with Crippen LogP contribution in [0.25, 0.3) is 5.57 Å². The summed E-state index contributed by atoms with van der Waals surface area (Å²) in [6, 6.07) is 15.6. The first kappa shape index (κ1) is 14.4. The fraction of sp³-hybridized carbons (Fsp3) is 0. The SMILES string of the molecule is N=C1C=CC(=C(c2ccc(N)cc2)c2cccc(Cl)c2)C=C1. The lowest BCUT2D eigenvalue weighted by atomic mass is 9.91. The number of hydrogen-bond acceptors (Lipinski definition) is 2. The van der Waals surface area contributed by atoms with Gasteiger partial charge in [0.1, 0.15) is 0 Å². The van der Waals surface area contributed by atoms with E-state index in [0.717, 1.165) is 28.0 Å². The fourth-order valence-corrected chi connectivity index (χ4v) is 2.62.